The summed E-state index contributed by atoms with van der Waals surface area (Å²) >= 11 is 0. The molecule has 0 atom stereocenters. The van der Waals surface area contributed by atoms with Crippen molar-refractivity contribution in [2.45, 2.75) is 19.0 Å². The van der Waals surface area contributed by atoms with E-state index in [1.165, 1.54) is 12.1 Å². The first-order valence-electron chi connectivity index (χ1n) is 5.94. The van der Waals surface area contributed by atoms with Gasteiger partial charge in [-0.25, -0.2) is 0 Å². The Bertz CT molecular complexity index is 478. The number of phenolic OH excluding ortho intramolecular Hbond substituents is 1. The number of amides is 1. The summed E-state index contributed by atoms with van der Waals surface area (Å²) in [6.45, 7) is 0.180. The number of hydrogen-bond acceptors (Lipinski definition) is 4. The lowest BCUT2D eigenvalue weighted by molar-refractivity contribution is -0.170. The summed E-state index contributed by atoms with van der Waals surface area (Å²) in [7, 11) is 0. The number of hydrogen-bond donors (Lipinski definition) is 3. The van der Waals surface area contributed by atoms with Gasteiger partial charge in [0.05, 0.1) is 5.69 Å². The predicted octanol–water partition coefficient (Wildman–Crippen LogP) is 1.61. The average Bonchev–Trinajstić information content (AvgIpc) is 2.36. The summed E-state index contributed by atoms with van der Waals surface area (Å²) in [5.41, 5.74) is 10.6. The van der Waals surface area contributed by atoms with Gasteiger partial charge in [0, 0.05) is 18.3 Å². The number of alkyl halides is 3. The van der Waals surface area contributed by atoms with Crippen molar-refractivity contribution in [3.8, 4) is 5.75 Å². The van der Waals surface area contributed by atoms with E-state index in [1.54, 1.807) is 0 Å². The second-order valence-corrected chi connectivity index (χ2v) is 4.19. The molecule has 1 aromatic rings. The van der Waals surface area contributed by atoms with Gasteiger partial charge in [-0.05, 0) is 31.5 Å². The van der Waals surface area contributed by atoms with Crippen LogP contribution in [0, 0.1) is 0 Å². The molecule has 0 saturated carbocycles. The lowest BCUT2D eigenvalue weighted by Crippen LogP contribution is -2.42. The Hall–Kier alpha value is -1.96. The first-order valence-corrected chi connectivity index (χ1v) is 5.94. The maximum absolute atomic E-state index is 12.6. The Balaban J connectivity index is 3.02. The normalized spacial score (nSPS) is 11.4. The van der Waals surface area contributed by atoms with Gasteiger partial charge >= 0.3 is 12.1 Å². The standard InChI is InChI=1S/C12H16F3N3O2/c13-12(14,15)11(20)18(6-2-1-5-16)8-3-4-9(17)10(19)7-8/h3-4,7,19H,1-2,5-6,16-17H2. The first-order chi connectivity index (χ1) is 9.27. The van der Waals surface area contributed by atoms with Gasteiger partial charge in [0.1, 0.15) is 5.75 Å². The van der Waals surface area contributed by atoms with Crippen molar-refractivity contribution in [2.75, 3.05) is 23.7 Å². The Labute approximate surface area is 114 Å². The number of nitrogens with two attached hydrogens (primary N) is 2. The molecule has 0 saturated heterocycles. The van der Waals surface area contributed by atoms with Crippen molar-refractivity contribution in [3.05, 3.63) is 18.2 Å². The zero-order valence-corrected chi connectivity index (χ0v) is 10.7. The summed E-state index contributed by atoms with van der Waals surface area (Å²) in [6, 6.07) is 3.52. The average molecular weight is 291 g/mol. The molecule has 5 N–H and O–H groups in total. The Kier molecular flexibility index (Phi) is 5.20. The number of nitrogens with zero attached hydrogens (tertiary/aromatic N) is 1. The van der Waals surface area contributed by atoms with Gasteiger partial charge in [0.25, 0.3) is 0 Å². The van der Waals surface area contributed by atoms with Gasteiger partial charge in [0.2, 0.25) is 0 Å². The number of nitrogen functional groups attached to an aromatic ring is 1. The number of carbonyl (C=O) groups excluding carboxylic acids is 1. The van der Waals surface area contributed by atoms with E-state index in [1.807, 2.05) is 0 Å². The van der Waals surface area contributed by atoms with E-state index in [0.717, 1.165) is 6.07 Å². The van der Waals surface area contributed by atoms with Crippen LogP contribution in [0.4, 0.5) is 24.5 Å². The Morgan fingerprint density at radius 3 is 2.45 bits per heavy atom. The zero-order chi connectivity index (χ0) is 15.3. The molecule has 0 fully saturated rings. The number of carbonyl (C=O) groups is 1. The van der Waals surface area contributed by atoms with Crippen molar-refractivity contribution < 1.29 is 23.1 Å². The molecule has 0 aliphatic heterocycles. The van der Waals surface area contributed by atoms with Crippen molar-refractivity contribution in [1.82, 2.24) is 0 Å². The number of rotatable bonds is 5. The van der Waals surface area contributed by atoms with E-state index in [9.17, 15) is 23.1 Å². The molecule has 0 bridgehead atoms. The molecule has 0 spiro atoms. The molecule has 1 aromatic carbocycles. The van der Waals surface area contributed by atoms with E-state index in [2.05, 4.69) is 0 Å². The smallest absolute Gasteiger partial charge is 0.471 e. The van der Waals surface area contributed by atoms with Gasteiger partial charge < -0.3 is 21.5 Å². The topological polar surface area (TPSA) is 92.6 Å². The highest BCUT2D eigenvalue weighted by Gasteiger charge is 2.42. The largest absolute Gasteiger partial charge is 0.506 e. The number of anilines is 2. The number of aromatic hydroxyl groups is 1. The molecule has 0 unspecified atom stereocenters. The van der Waals surface area contributed by atoms with E-state index in [0.29, 0.717) is 24.3 Å². The van der Waals surface area contributed by atoms with Crippen LogP contribution in [0.2, 0.25) is 0 Å². The van der Waals surface area contributed by atoms with Crippen LogP contribution in [0.25, 0.3) is 0 Å². The van der Waals surface area contributed by atoms with Crippen molar-refractivity contribution in [1.29, 1.82) is 0 Å². The number of halogens is 3. The quantitative estimate of drug-likeness (QED) is 0.436. The van der Waals surface area contributed by atoms with Crippen LogP contribution in [0.1, 0.15) is 12.8 Å². The zero-order valence-electron chi connectivity index (χ0n) is 10.7. The summed E-state index contributed by atoms with van der Waals surface area (Å²) in [6.07, 6.45) is -4.17. The van der Waals surface area contributed by atoms with Crippen LogP contribution in [0.3, 0.4) is 0 Å². The highest BCUT2D eigenvalue weighted by atomic mass is 19.4. The predicted molar refractivity (Wildman–Crippen MR) is 69.2 cm³/mol. The molecule has 20 heavy (non-hydrogen) atoms. The summed E-state index contributed by atoms with van der Waals surface area (Å²) in [4.78, 5) is 12.0. The molecule has 1 rings (SSSR count). The minimum Gasteiger partial charge on any atom is -0.506 e. The fourth-order valence-corrected chi connectivity index (χ4v) is 1.62. The van der Waals surface area contributed by atoms with Crippen LogP contribution in [-0.4, -0.2) is 30.3 Å². The van der Waals surface area contributed by atoms with Gasteiger partial charge in [-0.2, -0.15) is 13.2 Å². The minimum atomic E-state index is -4.99. The highest BCUT2D eigenvalue weighted by Crippen LogP contribution is 2.29. The number of phenols is 1. The van der Waals surface area contributed by atoms with E-state index in [-0.39, 0.29) is 23.7 Å². The molecule has 8 heteroatoms. The minimum absolute atomic E-state index is 0.0233. The van der Waals surface area contributed by atoms with Crippen LogP contribution in [-0.2, 0) is 4.79 Å². The molecule has 0 aliphatic carbocycles. The molecule has 0 aliphatic rings. The van der Waals surface area contributed by atoms with Crippen LogP contribution < -0.4 is 16.4 Å². The second kappa shape index (κ2) is 6.47. The second-order valence-electron chi connectivity index (χ2n) is 4.19. The fourth-order valence-electron chi connectivity index (χ4n) is 1.62. The van der Waals surface area contributed by atoms with Crippen molar-refractivity contribution >= 4 is 17.3 Å². The first kappa shape index (κ1) is 16.1. The summed E-state index contributed by atoms with van der Waals surface area (Å²) in [5.74, 6) is -2.36. The Morgan fingerprint density at radius 2 is 1.95 bits per heavy atom. The molecular weight excluding hydrogens is 275 g/mol. The lowest BCUT2D eigenvalue weighted by atomic mass is 10.2. The number of benzene rings is 1. The van der Waals surface area contributed by atoms with E-state index < -0.39 is 12.1 Å². The maximum atomic E-state index is 12.6. The van der Waals surface area contributed by atoms with E-state index >= 15 is 0 Å². The molecule has 112 valence electrons. The SMILES string of the molecule is NCCCCN(C(=O)C(F)(F)F)c1ccc(N)c(O)c1. The third-order valence-electron chi connectivity index (χ3n) is 2.65. The molecule has 0 aromatic heterocycles. The molecule has 0 heterocycles. The van der Waals surface area contributed by atoms with Crippen molar-refractivity contribution in [3.63, 3.8) is 0 Å². The van der Waals surface area contributed by atoms with Gasteiger partial charge in [-0.15, -0.1) is 0 Å². The molecule has 5 nitrogen and oxygen atoms in total. The number of unbranched alkanes of at least 4 members (excludes halogenated alkanes) is 1. The molecule has 1 amide bonds. The maximum Gasteiger partial charge on any atom is 0.471 e. The monoisotopic (exact) mass is 291 g/mol. The third kappa shape index (κ3) is 4.02. The van der Waals surface area contributed by atoms with Crippen LogP contribution in [0.5, 0.6) is 5.75 Å². The lowest BCUT2D eigenvalue weighted by Gasteiger charge is -2.24. The summed E-state index contributed by atoms with van der Waals surface area (Å²) < 4.78 is 37.7. The highest BCUT2D eigenvalue weighted by molar-refractivity contribution is 5.97. The van der Waals surface area contributed by atoms with Gasteiger partial charge in [-0.3, -0.25) is 4.79 Å². The summed E-state index contributed by atoms with van der Waals surface area (Å²) in [5, 5.41) is 9.44. The third-order valence-corrected chi connectivity index (χ3v) is 2.65. The Morgan fingerprint density at radius 1 is 1.30 bits per heavy atom. The van der Waals surface area contributed by atoms with Gasteiger partial charge in [0.15, 0.2) is 0 Å². The van der Waals surface area contributed by atoms with Gasteiger partial charge in [-0.1, -0.05) is 0 Å². The van der Waals surface area contributed by atoms with E-state index in [4.69, 9.17) is 11.5 Å². The molecular formula is C12H16F3N3O2. The molecule has 0 radical (unpaired) electrons. The van der Waals surface area contributed by atoms with Crippen LogP contribution >= 0.6 is 0 Å². The fraction of sp³-hybridized carbons (Fsp3) is 0.417. The van der Waals surface area contributed by atoms with Crippen LogP contribution in [0.15, 0.2) is 18.2 Å². The van der Waals surface area contributed by atoms with Crippen molar-refractivity contribution in [2.24, 2.45) is 5.73 Å².